The maximum atomic E-state index is 13.2. The summed E-state index contributed by atoms with van der Waals surface area (Å²) in [7, 11) is 0. The first-order valence-electron chi connectivity index (χ1n) is 9.63. The van der Waals surface area contributed by atoms with Gasteiger partial charge in [0.1, 0.15) is 5.82 Å². The molecule has 5 heteroatoms. The summed E-state index contributed by atoms with van der Waals surface area (Å²) in [4.78, 5) is 27.4. The van der Waals surface area contributed by atoms with Crippen molar-refractivity contribution in [3.05, 3.63) is 107 Å². The van der Waals surface area contributed by atoms with E-state index in [1.54, 1.807) is 24.3 Å². The first-order chi connectivity index (χ1) is 14.5. The smallest absolute Gasteiger partial charge is 0.264 e. The predicted molar refractivity (Wildman–Crippen MR) is 114 cm³/mol. The molecular weight excluding hydrogens is 381 g/mol. The van der Waals surface area contributed by atoms with Gasteiger partial charge in [0.25, 0.3) is 5.91 Å². The van der Waals surface area contributed by atoms with Crippen molar-refractivity contribution in [2.24, 2.45) is 0 Å². The van der Waals surface area contributed by atoms with Crippen LogP contribution < -0.4 is 4.90 Å². The van der Waals surface area contributed by atoms with Crippen LogP contribution in [0.25, 0.3) is 6.08 Å². The van der Waals surface area contributed by atoms with E-state index in [1.165, 1.54) is 29.2 Å². The molecule has 1 amide bonds. The van der Waals surface area contributed by atoms with Gasteiger partial charge >= 0.3 is 0 Å². The highest BCUT2D eigenvalue weighted by molar-refractivity contribution is 6.10. The van der Waals surface area contributed by atoms with Gasteiger partial charge in [-0.15, -0.1) is 0 Å². The van der Waals surface area contributed by atoms with Crippen molar-refractivity contribution >= 4 is 23.5 Å². The van der Waals surface area contributed by atoms with E-state index in [0.29, 0.717) is 11.3 Å². The number of ketones is 1. The molecule has 0 aliphatic carbocycles. The number of amides is 1. The molecule has 0 saturated carbocycles. The lowest BCUT2D eigenvalue weighted by Gasteiger charge is -2.22. The highest BCUT2D eigenvalue weighted by Crippen LogP contribution is 2.42. The number of carbonyl (C=O) groups is 2. The summed E-state index contributed by atoms with van der Waals surface area (Å²) in [5.74, 6) is -1.43. The van der Waals surface area contributed by atoms with Gasteiger partial charge in [-0.25, -0.2) is 4.39 Å². The second-order valence-electron chi connectivity index (χ2n) is 7.21. The Kier molecular flexibility index (Phi) is 5.29. The van der Waals surface area contributed by atoms with Crippen molar-refractivity contribution in [1.82, 2.24) is 0 Å². The number of fused-ring (bicyclic) bond motifs is 1. The van der Waals surface area contributed by atoms with E-state index >= 15 is 0 Å². The van der Waals surface area contributed by atoms with Crippen molar-refractivity contribution in [2.75, 3.05) is 11.4 Å². The molecule has 150 valence electrons. The number of halogens is 1. The molecule has 1 atom stereocenters. The second kappa shape index (κ2) is 8.05. The van der Waals surface area contributed by atoms with Gasteiger partial charge < -0.3 is 10.0 Å². The number of aliphatic hydroxyl groups is 1. The molecule has 0 radical (unpaired) electrons. The van der Waals surface area contributed by atoms with Gasteiger partial charge in [-0.3, -0.25) is 9.59 Å². The van der Waals surface area contributed by atoms with Gasteiger partial charge in [-0.2, -0.15) is 0 Å². The van der Waals surface area contributed by atoms with Crippen LogP contribution in [0.15, 0.2) is 84.9 Å². The third-order valence-corrected chi connectivity index (χ3v) is 5.22. The third kappa shape index (κ3) is 3.67. The number of nitrogens with zero attached hydrogens (tertiary/aromatic N) is 1. The van der Waals surface area contributed by atoms with E-state index in [0.717, 1.165) is 5.56 Å². The van der Waals surface area contributed by atoms with E-state index in [4.69, 9.17) is 0 Å². The SMILES string of the molecule is O=C(C[C@@]1(O)C(=O)N(C/C=C/c2ccccc2)c2ccccc21)c1ccc(F)cc1. The molecule has 4 rings (SSSR count). The van der Waals surface area contributed by atoms with Crippen LogP contribution in [-0.4, -0.2) is 23.3 Å². The van der Waals surface area contributed by atoms with Gasteiger partial charge in [0.2, 0.25) is 0 Å². The summed E-state index contributed by atoms with van der Waals surface area (Å²) >= 11 is 0. The topological polar surface area (TPSA) is 57.6 Å². The molecule has 0 spiro atoms. The van der Waals surface area contributed by atoms with Crippen LogP contribution in [-0.2, 0) is 10.4 Å². The Morgan fingerprint density at radius 2 is 1.63 bits per heavy atom. The molecular formula is C25H20FNO3. The zero-order valence-electron chi connectivity index (χ0n) is 16.2. The maximum absolute atomic E-state index is 13.2. The molecule has 1 N–H and O–H groups in total. The number of benzene rings is 3. The van der Waals surface area contributed by atoms with Crippen LogP contribution in [0.2, 0.25) is 0 Å². The summed E-state index contributed by atoms with van der Waals surface area (Å²) in [6.45, 7) is 0.262. The van der Waals surface area contributed by atoms with Crippen LogP contribution in [0, 0.1) is 5.82 Å². The molecule has 4 nitrogen and oxygen atoms in total. The summed E-state index contributed by atoms with van der Waals surface area (Å²) in [6, 6.07) is 21.7. The third-order valence-electron chi connectivity index (χ3n) is 5.22. The molecule has 0 bridgehead atoms. The Morgan fingerprint density at radius 3 is 2.37 bits per heavy atom. The standard InChI is InChI=1S/C25H20FNO3/c26-20-14-12-19(13-15-20)23(28)17-25(30)21-10-4-5-11-22(21)27(24(25)29)16-6-9-18-7-2-1-3-8-18/h1-15,30H,16-17H2/b9-6+/t25-/m0/s1. The lowest BCUT2D eigenvalue weighted by molar-refractivity contribution is -0.135. The number of hydrogen-bond acceptors (Lipinski definition) is 3. The number of hydrogen-bond donors (Lipinski definition) is 1. The number of carbonyl (C=O) groups excluding carboxylic acids is 2. The van der Waals surface area contributed by atoms with Crippen molar-refractivity contribution in [3.8, 4) is 0 Å². The molecule has 3 aromatic rings. The van der Waals surface area contributed by atoms with Gasteiger partial charge in [-0.1, -0.05) is 60.7 Å². The van der Waals surface area contributed by atoms with Crippen LogP contribution in [0.3, 0.4) is 0 Å². The zero-order valence-corrected chi connectivity index (χ0v) is 16.2. The van der Waals surface area contributed by atoms with Gasteiger partial charge in [0, 0.05) is 17.7 Å². The van der Waals surface area contributed by atoms with Gasteiger partial charge in [0.05, 0.1) is 12.1 Å². The second-order valence-corrected chi connectivity index (χ2v) is 7.21. The Balaban J connectivity index is 1.59. The van der Waals surface area contributed by atoms with Crippen LogP contribution in [0.5, 0.6) is 0 Å². The summed E-state index contributed by atoms with van der Waals surface area (Å²) < 4.78 is 13.2. The minimum absolute atomic E-state index is 0.248. The minimum atomic E-state index is -1.96. The van der Waals surface area contributed by atoms with Crippen LogP contribution in [0.4, 0.5) is 10.1 Å². The normalized spacial score (nSPS) is 18.1. The fourth-order valence-corrected chi connectivity index (χ4v) is 3.69. The summed E-state index contributed by atoms with van der Waals surface area (Å²) in [6.07, 6.45) is 3.34. The Hall–Kier alpha value is -3.57. The van der Waals surface area contributed by atoms with Crippen molar-refractivity contribution in [2.45, 2.75) is 12.0 Å². The van der Waals surface area contributed by atoms with E-state index < -0.39 is 29.5 Å². The fourth-order valence-electron chi connectivity index (χ4n) is 3.69. The van der Waals surface area contributed by atoms with E-state index in [9.17, 15) is 19.1 Å². The van der Waals surface area contributed by atoms with Crippen molar-refractivity contribution in [1.29, 1.82) is 0 Å². The minimum Gasteiger partial charge on any atom is -0.375 e. The van der Waals surface area contributed by atoms with Crippen LogP contribution in [0.1, 0.15) is 27.9 Å². The first-order valence-corrected chi connectivity index (χ1v) is 9.63. The zero-order chi connectivity index (χ0) is 21.1. The molecule has 3 aromatic carbocycles. The maximum Gasteiger partial charge on any atom is 0.264 e. The van der Waals surface area contributed by atoms with E-state index in [-0.39, 0.29) is 12.1 Å². The average Bonchev–Trinajstić information content (AvgIpc) is 2.97. The Morgan fingerprint density at radius 1 is 0.967 bits per heavy atom. The first kappa shape index (κ1) is 19.7. The number of anilines is 1. The molecule has 30 heavy (non-hydrogen) atoms. The lowest BCUT2D eigenvalue weighted by Crippen LogP contribution is -2.42. The van der Waals surface area contributed by atoms with Gasteiger partial charge in [0.15, 0.2) is 11.4 Å². The van der Waals surface area contributed by atoms with Crippen LogP contribution >= 0.6 is 0 Å². The average molecular weight is 401 g/mol. The molecule has 1 aliphatic heterocycles. The number of rotatable bonds is 6. The fraction of sp³-hybridized carbons (Fsp3) is 0.120. The molecule has 0 aromatic heterocycles. The summed E-state index contributed by atoms with van der Waals surface area (Å²) in [5, 5.41) is 11.3. The monoisotopic (exact) mass is 401 g/mol. The number of para-hydroxylation sites is 1. The predicted octanol–water partition coefficient (Wildman–Crippen LogP) is 4.35. The quantitative estimate of drug-likeness (QED) is 0.625. The highest BCUT2D eigenvalue weighted by Gasteiger charge is 2.50. The highest BCUT2D eigenvalue weighted by atomic mass is 19.1. The molecule has 0 unspecified atom stereocenters. The molecule has 1 heterocycles. The largest absolute Gasteiger partial charge is 0.375 e. The van der Waals surface area contributed by atoms with Gasteiger partial charge in [-0.05, 0) is 35.9 Å². The molecule has 0 saturated heterocycles. The molecule has 1 aliphatic rings. The summed E-state index contributed by atoms with van der Waals surface area (Å²) in [5.41, 5.74) is 0.271. The lowest BCUT2D eigenvalue weighted by atomic mass is 9.88. The van der Waals surface area contributed by atoms with E-state index in [2.05, 4.69) is 0 Å². The Bertz CT molecular complexity index is 1110. The molecule has 0 fully saturated rings. The van der Waals surface area contributed by atoms with E-state index in [1.807, 2.05) is 42.5 Å². The number of Topliss-reactive ketones (excluding diaryl/α,β-unsaturated/α-hetero) is 1. The van der Waals surface area contributed by atoms with Crippen molar-refractivity contribution < 1.29 is 19.1 Å². The Labute approximate surface area is 173 Å². The van der Waals surface area contributed by atoms with Crippen molar-refractivity contribution in [3.63, 3.8) is 0 Å².